The highest BCUT2D eigenvalue weighted by Gasteiger charge is 2.21. The zero-order valence-corrected chi connectivity index (χ0v) is 21.2. The fourth-order valence-electron chi connectivity index (χ4n) is 5.00. The molecule has 1 heterocycles. The van der Waals surface area contributed by atoms with Crippen molar-refractivity contribution in [3.8, 4) is 33.8 Å². The van der Waals surface area contributed by atoms with Gasteiger partial charge in [-0.25, -0.2) is 0 Å². The van der Waals surface area contributed by atoms with Crippen molar-refractivity contribution < 1.29 is 19.1 Å². The first-order chi connectivity index (χ1) is 19.2. The number of aliphatic carboxylic acids is 1. The average Bonchev–Trinajstić information content (AvgIpc) is 3.32. The lowest BCUT2D eigenvalue weighted by Gasteiger charge is -2.15. The van der Waals surface area contributed by atoms with Crippen LogP contribution in [-0.4, -0.2) is 11.1 Å². The molecule has 0 aliphatic carbocycles. The summed E-state index contributed by atoms with van der Waals surface area (Å²) in [6.45, 7) is 0. The van der Waals surface area contributed by atoms with Crippen LogP contribution in [0.2, 0.25) is 0 Å². The molecule has 0 amide bonds. The number of ether oxygens (including phenoxy) is 1. The fourth-order valence-corrected chi connectivity index (χ4v) is 5.00. The molecule has 0 saturated heterocycles. The summed E-state index contributed by atoms with van der Waals surface area (Å²) in [4.78, 5) is 11.4. The van der Waals surface area contributed by atoms with Crippen molar-refractivity contribution >= 4 is 16.9 Å². The number of hydrogen-bond donors (Lipinski definition) is 1. The molecule has 0 aliphatic rings. The molecule has 4 heteroatoms. The first-order valence-electron chi connectivity index (χ1n) is 12.9. The van der Waals surface area contributed by atoms with Gasteiger partial charge in [-0.05, 0) is 46.5 Å². The molecular weight excluding hydrogens is 484 g/mol. The quantitative estimate of drug-likeness (QED) is 0.222. The molecule has 39 heavy (non-hydrogen) atoms. The maximum atomic E-state index is 11.4. The molecule has 0 radical (unpaired) electrons. The van der Waals surface area contributed by atoms with Crippen LogP contribution in [0.5, 0.6) is 11.5 Å². The van der Waals surface area contributed by atoms with Gasteiger partial charge in [0.05, 0.1) is 6.42 Å². The summed E-state index contributed by atoms with van der Waals surface area (Å²) in [7, 11) is 0. The van der Waals surface area contributed by atoms with E-state index in [1.807, 2.05) is 78.9 Å². The van der Waals surface area contributed by atoms with Crippen LogP contribution in [-0.2, 0) is 17.6 Å². The normalized spacial score (nSPS) is 11.0. The highest BCUT2D eigenvalue weighted by Crippen LogP contribution is 2.43. The Kier molecular flexibility index (Phi) is 6.67. The molecule has 0 saturated carbocycles. The van der Waals surface area contributed by atoms with Crippen LogP contribution in [0, 0.1) is 0 Å². The molecule has 0 unspecified atom stereocenters. The van der Waals surface area contributed by atoms with E-state index in [1.54, 1.807) is 12.1 Å². The Morgan fingerprint density at radius 1 is 0.718 bits per heavy atom. The van der Waals surface area contributed by atoms with Gasteiger partial charge in [-0.3, -0.25) is 4.79 Å². The maximum absolute atomic E-state index is 11.4. The Morgan fingerprint density at radius 2 is 1.41 bits per heavy atom. The van der Waals surface area contributed by atoms with E-state index in [2.05, 4.69) is 36.4 Å². The topological polar surface area (TPSA) is 59.7 Å². The van der Waals surface area contributed by atoms with Crippen LogP contribution in [0.15, 0.2) is 132 Å². The summed E-state index contributed by atoms with van der Waals surface area (Å²) in [5.41, 5.74) is 6.77. The van der Waals surface area contributed by atoms with E-state index in [1.165, 1.54) is 0 Å². The summed E-state index contributed by atoms with van der Waals surface area (Å²) in [6, 6.07) is 42.0. The Morgan fingerprint density at radius 3 is 2.21 bits per heavy atom. The summed E-state index contributed by atoms with van der Waals surface area (Å²) in [5, 5.41) is 10.4. The number of hydrogen-bond acceptors (Lipinski definition) is 3. The summed E-state index contributed by atoms with van der Waals surface area (Å²) < 4.78 is 12.8. The predicted octanol–water partition coefficient (Wildman–Crippen LogP) is 8.78. The third kappa shape index (κ3) is 5.18. The monoisotopic (exact) mass is 510 g/mol. The van der Waals surface area contributed by atoms with E-state index in [-0.39, 0.29) is 6.42 Å². The second-order valence-electron chi connectivity index (χ2n) is 9.41. The number of fused-ring (bicyclic) bond motifs is 1. The number of furan rings is 1. The van der Waals surface area contributed by atoms with Gasteiger partial charge >= 0.3 is 5.97 Å². The van der Waals surface area contributed by atoms with Gasteiger partial charge in [0.25, 0.3) is 0 Å². The highest BCUT2D eigenvalue weighted by molar-refractivity contribution is 6.00. The fraction of sp³-hybridized carbons (Fsp3) is 0.0571. The number of carboxylic acids is 1. The standard InChI is InChI=1S/C35H26O4/c36-34(37)22-26-15-7-9-17-31(26)38-27-19-20-28(25-13-5-2-6-14-25)30(23-27)35-29-16-8-10-18-32(29)39-33(35)21-24-11-3-1-4-12-24/h1-20,23H,21-22H2,(H,36,37). The molecule has 0 fully saturated rings. The number of carbonyl (C=O) groups is 1. The van der Waals surface area contributed by atoms with Crippen LogP contribution in [0.25, 0.3) is 33.2 Å². The highest BCUT2D eigenvalue weighted by atomic mass is 16.5. The molecular formula is C35H26O4. The second kappa shape index (κ2) is 10.7. The minimum atomic E-state index is -0.901. The Hall–Kier alpha value is -5.09. The lowest BCUT2D eigenvalue weighted by atomic mass is 9.91. The molecule has 190 valence electrons. The number of para-hydroxylation sites is 2. The summed E-state index contributed by atoms with van der Waals surface area (Å²) in [5.74, 6) is 1.13. The van der Waals surface area contributed by atoms with E-state index < -0.39 is 5.97 Å². The van der Waals surface area contributed by atoms with Gasteiger partial charge in [0.2, 0.25) is 0 Å². The molecule has 1 aromatic heterocycles. The van der Waals surface area contributed by atoms with Crippen LogP contribution >= 0.6 is 0 Å². The van der Waals surface area contributed by atoms with Gasteiger partial charge in [-0.2, -0.15) is 0 Å². The third-order valence-electron chi connectivity index (χ3n) is 6.76. The molecule has 4 nitrogen and oxygen atoms in total. The van der Waals surface area contributed by atoms with E-state index in [0.29, 0.717) is 23.5 Å². The minimum Gasteiger partial charge on any atom is -0.481 e. The van der Waals surface area contributed by atoms with Gasteiger partial charge < -0.3 is 14.3 Å². The van der Waals surface area contributed by atoms with Crippen molar-refractivity contribution in [2.45, 2.75) is 12.8 Å². The Labute approximate surface area is 226 Å². The van der Waals surface area contributed by atoms with Crippen LogP contribution in [0.3, 0.4) is 0 Å². The first kappa shape index (κ1) is 24.3. The Bertz CT molecular complexity index is 1750. The van der Waals surface area contributed by atoms with Crippen LogP contribution in [0.4, 0.5) is 0 Å². The number of benzene rings is 5. The average molecular weight is 511 g/mol. The lowest BCUT2D eigenvalue weighted by Crippen LogP contribution is -2.02. The van der Waals surface area contributed by atoms with Crippen molar-refractivity contribution in [2.75, 3.05) is 0 Å². The largest absolute Gasteiger partial charge is 0.481 e. The van der Waals surface area contributed by atoms with Crippen LogP contribution < -0.4 is 4.74 Å². The molecule has 1 N–H and O–H groups in total. The van der Waals surface area contributed by atoms with E-state index in [4.69, 9.17) is 9.15 Å². The maximum Gasteiger partial charge on any atom is 0.307 e. The smallest absolute Gasteiger partial charge is 0.307 e. The van der Waals surface area contributed by atoms with Gasteiger partial charge in [-0.15, -0.1) is 0 Å². The third-order valence-corrected chi connectivity index (χ3v) is 6.76. The Balaban J connectivity index is 1.53. The van der Waals surface area contributed by atoms with Gasteiger partial charge in [0, 0.05) is 22.9 Å². The lowest BCUT2D eigenvalue weighted by molar-refractivity contribution is -0.136. The van der Waals surface area contributed by atoms with Crippen molar-refractivity contribution in [1.29, 1.82) is 0 Å². The minimum absolute atomic E-state index is 0.112. The zero-order chi connectivity index (χ0) is 26.6. The summed E-state index contributed by atoms with van der Waals surface area (Å²) >= 11 is 0. The number of carboxylic acid groups (broad SMARTS) is 1. The van der Waals surface area contributed by atoms with E-state index in [0.717, 1.165) is 44.5 Å². The molecule has 0 aliphatic heterocycles. The molecule has 0 bridgehead atoms. The van der Waals surface area contributed by atoms with Gasteiger partial charge in [-0.1, -0.05) is 103 Å². The van der Waals surface area contributed by atoms with Crippen molar-refractivity contribution in [3.05, 3.63) is 144 Å². The van der Waals surface area contributed by atoms with Gasteiger partial charge in [0.1, 0.15) is 22.8 Å². The van der Waals surface area contributed by atoms with Gasteiger partial charge in [0.15, 0.2) is 0 Å². The molecule has 5 aromatic carbocycles. The zero-order valence-electron chi connectivity index (χ0n) is 21.2. The number of rotatable bonds is 8. The van der Waals surface area contributed by atoms with Crippen LogP contribution in [0.1, 0.15) is 16.9 Å². The first-order valence-corrected chi connectivity index (χ1v) is 12.9. The van der Waals surface area contributed by atoms with E-state index >= 15 is 0 Å². The van der Waals surface area contributed by atoms with E-state index in [9.17, 15) is 9.90 Å². The summed E-state index contributed by atoms with van der Waals surface area (Å²) in [6.07, 6.45) is 0.532. The van der Waals surface area contributed by atoms with Crippen molar-refractivity contribution in [2.24, 2.45) is 0 Å². The second-order valence-corrected chi connectivity index (χ2v) is 9.41. The SMILES string of the molecule is O=C(O)Cc1ccccc1Oc1ccc(-c2ccccc2)c(-c2c(Cc3ccccc3)oc3ccccc23)c1. The van der Waals surface area contributed by atoms with Crippen molar-refractivity contribution in [3.63, 3.8) is 0 Å². The molecule has 0 atom stereocenters. The molecule has 0 spiro atoms. The molecule has 6 aromatic rings. The molecule has 6 rings (SSSR count). The predicted molar refractivity (Wildman–Crippen MR) is 154 cm³/mol. The van der Waals surface area contributed by atoms with Crippen molar-refractivity contribution in [1.82, 2.24) is 0 Å².